The standard InChI is InChI=1S/C18H18N4O2S2/c1-3-4-12-5-7-13(8-6-12)14-9-25-18(20-14)22-16(24)15-10-26-17(21-15)19-11(2)23/h5-10H,3-4H2,1-2H3,(H,19,21,23)(H,20,22,24). The predicted molar refractivity (Wildman–Crippen MR) is 106 cm³/mol. The Labute approximate surface area is 159 Å². The molecule has 0 bridgehead atoms. The molecule has 0 radical (unpaired) electrons. The molecule has 0 saturated carbocycles. The third-order valence-corrected chi connectivity index (χ3v) is 5.05. The fourth-order valence-corrected chi connectivity index (χ4v) is 3.79. The molecule has 3 aromatic rings. The molecule has 2 amide bonds. The van der Waals surface area contributed by atoms with Crippen molar-refractivity contribution in [2.75, 3.05) is 10.6 Å². The predicted octanol–water partition coefficient (Wildman–Crippen LogP) is 4.43. The lowest BCUT2D eigenvalue weighted by Crippen LogP contribution is -2.12. The first-order chi connectivity index (χ1) is 12.5. The van der Waals surface area contributed by atoms with Crippen molar-refractivity contribution in [1.82, 2.24) is 9.97 Å². The molecule has 0 aliphatic rings. The topological polar surface area (TPSA) is 84.0 Å². The van der Waals surface area contributed by atoms with Crippen molar-refractivity contribution in [2.45, 2.75) is 26.7 Å². The zero-order chi connectivity index (χ0) is 18.5. The summed E-state index contributed by atoms with van der Waals surface area (Å²) < 4.78 is 0. The zero-order valence-corrected chi connectivity index (χ0v) is 16.0. The van der Waals surface area contributed by atoms with Gasteiger partial charge in [-0.25, -0.2) is 9.97 Å². The molecule has 134 valence electrons. The number of aryl methyl sites for hydroxylation is 1. The number of aromatic nitrogens is 2. The molecule has 2 N–H and O–H groups in total. The van der Waals surface area contributed by atoms with Crippen LogP contribution < -0.4 is 10.6 Å². The number of benzene rings is 1. The average molecular weight is 387 g/mol. The lowest BCUT2D eigenvalue weighted by atomic mass is 10.1. The summed E-state index contributed by atoms with van der Waals surface area (Å²) >= 11 is 2.57. The minimum atomic E-state index is -0.350. The highest BCUT2D eigenvalue weighted by Crippen LogP contribution is 2.26. The Morgan fingerprint density at radius 2 is 1.69 bits per heavy atom. The van der Waals surface area contributed by atoms with Crippen LogP contribution in [0.1, 0.15) is 36.3 Å². The smallest absolute Gasteiger partial charge is 0.276 e. The van der Waals surface area contributed by atoms with Crippen LogP contribution in [-0.2, 0) is 11.2 Å². The van der Waals surface area contributed by atoms with Crippen LogP contribution in [0.3, 0.4) is 0 Å². The number of nitrogens with one attached hydrogen (secondary N) is 2. The normalized spacial score (nSPS) is 10.5. The van der Waals surface area contributed by atoms with E-state index < -0.39 is 0 Å². The maximum atomic E-state index is 12.3. The monoisotopic (exact) mass is 386 g/mol. The van der Waals surface area contributed by atoms with E-state index >= 15 is 0 Å². The highest BCUT2D eigenvalue weighted by Gasteiger charge is 2.14. The Balaban J connectivity index is 1.67. The minimum absolute atomic E-state index is 0.221. The van der Waals surface area contributed by atoms with E-state index in [0.29, 0.717) is 10.3 Å². The SMILES string of the molecule is CCCc1ccc(-c2csc(NC(=O)c3csc(NC(C)=O)n3)n2)cc1. The van der Waals surface area contributed by atoms with Crippen LogP contribution in [0.4, 0.5) is 10.3 Å². The molecule has 6 nitrogen and oxygen atoms in total. The van der Waals surface area contributed by atoms with Crippen molar-refractivity contribution in [3.63, 3.8) is 0 Å². The molecule has 0 spiro atoms. The van der Waals surface area contributed by atoms with Crippen LogP contribution in [0.5, 0.6) is 0 Å². The molecule has 0 fully saturated rings. The molecule has 8 heteroatoms. The number of carbonyl (C=O) groups is 2. The van der Waals surface area contributed by atoms with E-state index in [4.69, 9.17) is 0 Å². The highest BCUT2D eigenvalue weighted by atomic mass is 32.1. The van der Waals surface area contributed by atoms with Gasteiger partial charge in [-0.3, -0.25) is 14.9 Å². The van der Waals surface area contributed by atoms with Gasteiger partial charge in [-0.2, -0.15) is 0 Å². The van der Waals surface area contributed by atoms with E-state index in [2.05, 4.69) is 39.7 Å². The molecule has 2 heterocycles. The van der Waals surface area contributed by atoms with Gasteiger partial charge in [0.2, 0.25) is 5.91 Å². The first-order valence-corrected chi connectivity index (χ1v) is 9.90. The van der Waals surface area contributed by atoms with E-state index in [1.165, 1.54) is 35.2 Å². The number of amides is 2. The highest BCUT2D eigenvalue weighted by molar-refractivity contribution is 7.14. The van der Waals surface area contributed by atoms with Gasteiger partial charge in [-0.1, -0.05) is 37.6 Å². The Morgan fingerprint density at radius 3 is 2.38 bits per heavy atom. The Morgan fingerprint density at radius 1 is 1.00 bits per heavy atom. The molecule has 26 heavy (non-hydrogen) atoms. The number of hydrogen-bond donors (Lipinski definition) is 2. The number of carbonyl (C=O) groups excluding carboxylic acids is 2. The van der Waals surface area contributed by atoms with E-state index in [9.17, 15) is 9.59 Å². The van der Waals surface area contributed by atoms with Gasteiger partial charge >= 0.3 is 0 Å². The van der Waals surface area contributed by atoms with Crippen molar-refractivity contribution in [3.05, 3.63) is 46.3 Å². The van der Waals surface area contributed by atoms with E-state index in [0.717, 1.165) is 24.1 Å². The summed E-state index contributed by atoms with van der Waals surface area (Å²) in [5.74, 6) is -0.571. The third kappa shape index (κ3) is 4.53. The Hall–Kier alpha value is -2.58. The lowest BCUT2D eigenvalue weighted by Gasteiger charge is -2.01. The summed E-state index contributed by atoms with van der Waals surface area (Å²) in [5, 5.41) is 9.72. The van der Waals surface area contributed by atoms with Gasteiger partial charge in [0.15, 0.2) is 10.3 Å². The molecular formula is C18H18N4O2S2. The van der Waals surface area contributed by atoms with Gasteiger partial charge in [-0.15, -0.1) is 22.7 Å². The van der Waals surface area contributed by atoms with Gasteiger partial charge in [-0.05, 0) is 12.0 Å². The molecule has 3 rings (SSSR count). The molecule has 1 aromatic carbocycles. The first-order valence-electron chi connectivity index (χ1n) is 8.14. The summed E-state index contributed by atoms with van der Waals surface area (Å²) in [5.41, 5.74) is 3.40. The summed E-state index contributed by atoms with van der Waals surface area (Å²) in [6, 6.07) is 8.31. The quantitative estimate of drug-likeness (QED) is 0.656. The van der Waals surface area contributed by atoms with Gasteiger partial charge in [0.05, 0.1) is 5.69 Å². The van der Waals surface area contributed by atoms with Crippen molar-refractivity contribution >= 4 is 44.8 Å². The van der Waals surface area contributed by atoms with Gasteiger partial charge in [0.1, 0.15) is 5.69 Å². The van der Waals surface area contributed by atoms with Crippen molar-refractivity contribution in [3.8, 4) is 11.3 Å². The minimum Gasteiger partial charge on any atom is -0.302 e. The van der Waals surface area contributed by atoms with Crippen molar-refractivity contribution in [1.29, 1.82) is 0 Å². The molecule has 0 atom stereocenters. The maximum absolute atomic E-state index is 12.3. The van der Waals surface area contributed by atoms with Gasteiger partial charge in [0, 0.05) is 23.2 Å². The molecule has 0 aliphatic carbocycles. The summed E-state index contributed by atoms with van der Waals surface area (Å²) in [7, 11) is 0. The number of nitrogens with zero attached hydrogens (tertiary/aromatic N) is 2. The lowest BCUT2D eigenvalue weighted by molar-refractivity contribution is -0.114. The second-order valence-corrected chi connectivity index (χ2v) is 7.37. The summed E-state index contributed by atoms with van der Waals surface area (Å²) in [4.78, 5) is 31.8. The van der Waals surface area contributed by atoms with Crippen LogP contribution in [0.25, 0.3) is 11.3 Å². The van der Waals surface area contributed by atoms with Crippen LogP contribution in [-0.4, -0.2) is 21.8 Å². The Kier molecular flexibility index (Phi) is 5.75. The summed E-state index contributed by atoms with van der Waals surface area (Å²) in [6.07, 6.45) is 2.18. The second-order valence-electron chi connectivity index (χ2n) is 5.66. The largest absolute Gasteiger partial charge is 0.302 e. The Bertz CT molecular complexity index is 915. The molecule has 0 unspecified atom stereocenters. The van der Waals surface area contributed by atoms with Crippen molar-refractivity contribution < 1.29 is 9.59 Å². The molecule has 0 aliphatic heterocycles. The fraction of sp³-hybridized carbons (Fsp3) is 0.222. The molecule has 2 aromatic heterocycles. The number of rotatable bonds is 6. The maximum Gasteiger partial charge on any atom is 0.276 e. The van der Waals surface area contributed by atoms with Crippen molar-refractivity contribution in [2.24, 2.45) is 0 Å². The van der Waals surface area contributed by atoms with E-state index in [-0.39, 0.29) is 17.5 Å². The van der Waals surface area contributed by atoms with Gasteiger partial charge < -0.3 is 5.32 Å². The third-order valence-electron chi connectivity index (χ3n) is 3.53. The first kappa shape index (κ1) is 18.2. The zero-order valence-electron chi connectivity index (χ0n) is 14.4. The second kappa shape index (κ2) is 8.20. The van der Waals surface area contributed by atoms with E-state index in [1.807, 2.05) is 17.5 Å². The average Bonchev–Trinajstić information content (AvgIpc) is 3.25. The molecule has 0 saturated heterocycles. The van der Waals surface area contributed by atoms with Crippen LogP contribution in [0.2, 0.25) is 0 Å². The van der Waals surface area contributed by atoms with Crippen LogP contribution in [0.15, 0.2) is 35.0 Å². The molecular weight excluding hydrogens is 368 g/mol. The number of thiazole rings is 2. The van der Waals surface area contributed by atoms with Crippen LogP contribution >= 0.6 is 22.7 Å². The fourth-order valence-electron chi connectivity index (χ4n) is 2.34. The number of anilines is 2. The number of hydrogen-bond acceptors (Lipinski definition) is 6. The van der Waals surface area contributed by atoms with Crippen LogP contribution in [0, 0.1) is 0 Å². The van der Waals surface area contributed by atoms with Gasteiger partial charge in [0.25, 0.3) is 5.91 Å². The summed E-state index contributed by atoms with van der Waals surface area (Å²) in [6.45, 7) is 3.55. The van der Waals surface area contributed by atoms with E-state index in [1.54, 1.807) is 5.38 Å².